The molecule has 0 spiro atoms. The van der Waals surface area contributed by atoms with Gasteiger partial charge in [0.15, 0.2) is 6.23 Å². The summed E-state index contributed by atoms with van der Waals surface area (Å²) < 4.78 is 6.29. The van der Waals surface area contributed by atoms with Crippen molar-refractivity contribution in [3.63, 3.8) is 0 Å². The highest BCUT2D eigenvalue weighted by molar-refractivity contribution is 5.03. The highest BCUT2D eigenvalue weighted by atomic mass is 16.6. The number of aliphatic hydroxyl groups excluding tert-OH is 3. The zero-order chi connectivity index (χ0) is 14.3. The topological polar surface area (TPSA) is 125 Å². The Labute approximate surface area is 107 Å². The molecule has 0 radical (unpaired) electrons. The lowest BCUT2D eigenvalue weighted by molar-refractivity contribution is -0.0804. The summed E-state index contributed by atoms with van der Waals surface area (Å²) in [7, 11) is 0. The van der Waals surface area contributed by atoms with E-state index in [9.17, 15) is 24.9 Å². The van der Waals surface area contributed by atoms with Crippen molar-refractivity contribution in [1.29, 1.82) is 0 Å². The minimum absolute atomic E-state index is 0.269. The standard InChI is InChI=1S/C11H16N2O6/c1-4-3-13(11(18)12-9(4)17)10-7(16)6(15)8(19-10)5(2)14/h3,5-8,10,14-16H,1-2H3,(H,12,17,18)/t5-,6?,7+,8-,10-/m1/s1. The zero-order valence-electron chi connectivity index (χ0n) is 10.5. The van der Waals surface area contributed by atoms with Crippen LogP contribution in [0.3, 0.4) is 0 Å². The first-order chi connectivity index (χ1) is 8.82. The maximum atomic E-state index is 11.7. The van der Waals surface area contributed by atoms with E-state index in [1.165, 1.54) is 20.0 Å². The molecule has 4 N–H and O–H groups in total. The van der Waals surface area contributed by atoms with Crippen molar-refractivity contribution in [2.75, 3.05) is 0 Å². The second-order valence-electron chi connectivity index (χ2n) is 4.69. The Hall–Kier alpha value is -1.48. The average molecular weight is 272 g/mol. The highest BCUT2D eigenvalue weighted by Gasteiger charge is 2.46. The second-order valence-corrected chi connectivity index (χ2v) is 4.69. The molecule has 0 amide bonds. The summed E-state index contributed by atoms with van der Waals surface area (Å²) in [4.78, 5) is 25.0. The molecule has 5 atom stereocenters. The van der Waals surface area contributed by atoms with E-state index in [0.717, 1.165) is 4.57 Å². The molecule has 0 bridgehead atoms. The smallest absolute Gasteiger partial charge is 0.330 e. The Morgan fingerprint density at radius 3 is 2.53 bits per heavy atom. The lowest BCUT2D eigenvalue weighted by Crippen LogP contribution is -2.39. The van der Waals surface area contributed by atoms with Crippen molar-refractivity contribution < 1.29 is 20.1 Å². The van der Waals surface area contributed by atoms with Crippen LogP contribution in [0, 0.1) is 6.92 Å². The fourth-order valence-electron chi connectivity index (χ4n) is 2.09. The molecule has 1 aromatic heterocycles. The number of hydrogen-bond donors (Lipinski definition) is 4. The van der Waals surface area contributed by atoms with Crippen LogP contribution in [0.15, 0.2) is 15.8 Å². The third-order valence-electron chi connectivity index (χ3n) is 3.17. The Morgan fingerprint density at radius 2 is 2.00 bits per heavy atom. The molecule has 1 saturated heterocycles. The van der Waals surface area contributed by atoms with Gasteiger partial charge in [0.05, 0.1) is 6.10 Å². The van der Waals surface area contributed by atoms with Crippen LogP contribution < -0.4 is 11.2 Å². The van der Waals surface area contributed by atoms with Crippen LogP contribution in [-0.2, 0) is 4.74 Å². The fourth-order valence-corrected chi connectivity index (χ4v) is 2.09. The molecule has 2 heterocycles. The highest BCUT2D eigenvalue weighted by Crippen LogP contribution is 2.29. The molecule has 1 aliphatic heterocycles. The molecule has 0 aliphatic carbocycles. The van der Waals surface area contributed by atoms with E-state index in [-0.39, 0.29) is 5.56 Å². The van der Waals surface area contributed by atoms with E-state index in [1.807, 2.05) is 0 Å². The van der Waals surface area contributed by atoms with Crippen molar-refractivity contribution in [3.05, 3.63) is 32.6 Å². The Bertz CT molecular complexity index is 577. The molecule has 2 rings (SSSR count). The maximum Gasteiger partial charge on any atom is 0.330 e. The van der Waals surface area contributed by atoms with Gasteiger partial charge in [-0.1, -0.05) is 0 Å². The number of aryl methyl sites for hydroxylation is 1. The molecule has 1 aliphatic rings. The Morgan fingerprint density at radius 1 is 1.37 bits per heavy atom. The number of nitrogens with one attached hydrogen (secondary N) is 1. The van der Waals surface area contributed by atoms with Gasteiger partial charge < -0.3 is 20.1 Å². The van der Waals surface area contributed by atoms with Gasteiger partial charge in [-0.15, -0.1) is 0 Å². The Kier molecular flexibility index (Phi) is 3.59. The van der Waals surface area contributed by atoms with Crippen LogP contribution in [0.1, 0.15) is 18.7 Å². The van der Waals surface area contributed by atoms with E-state index in [2.05, 4.69) is 4.98 Å². The average Bonchev–Trinajstić information content (AvgIpc) is 2.62. The number of aromatic amines is 1. The van der Waals surface area contributed by atoms with E-state index < -0.39 is 41.9 Å². The molecule has 0 aromatic carbocycles. The van der Waals surface area contributed by atoms with Crippen molar-refractivity contribution in [2.45, 2.75) is 44.5 Å². The fraction of sp³-hybridized carbons (Fsp3) is 0.636. The molecular weight excluding hydrogens is 256 g/mol. The SMILES string of the molecule is Cc1cn([C@@H]2O[C@H]([C@@H](C)O)C(O)[C@@H]2O)c(=O)[nH]c1=O. The number of aromatic nitrogens is 2. The summed E-state index contributed by atoms with van der Waals surface area (Å²) >= 11 is 0. The van der Waals surface area contributed by atoms with E-state index in [4.69, 9.17) is 4.74 Å². The summed E-state index contributed by atoms with van der Waals surface area (Å²) in [6.45, 7) is 2.91. The molecule has 1 fully saturated rings. The van der Waals surface area contributed by atoms with Crippen LogP contribution in [0.5, 0.6) is 0 Å². The first-order valence-electron chi connectivity index (χ1n) is 5.84. The van der Waals surface area contributed by atoms with Gasteiger partial charge in [0, 0.05) is 11.8 Å². The van der Waals surface area contributed by atoms with Gasteiger partial charge in [0.2, 0.25) is 0 Å². The molecule has 0 saturated carbocycles. The predicted molar refractivity (Wildman–Crippen MR) is 63.7 cm³/mol. The van der Waals surface area contributed by atoms with Crippen molar-refractivity contribution >= 4 is 0 Å². The minimum atomic E-state index is -1.37. The van der Waals surface area contributed by atoms with Crippen LogP contribution in [-0.4, -0.2) is 49.3 Å². The van der Waals surface area contributed by atoms with Crippen LogP contribution in [0.25, 0.3) is 0 Å². The molecule has 19 heavy (non-hydrogen) atoms. The van der Waals surface area contributed by atoms with Crippen LogP contribution in [0.2, 0.25) is 0 Å². The molecule has 1 aromatic rings. The first-order valence-corrected chi connectivity index (χ1v) is 5.84. The van der Waals surface area contributed by atoms with Gasteiger partial charge in [-0.3, -0.25) is 14.3 Å². The van der Waals surface area contributed by atoms with Gasteiger partial charge >= 0.3 is 5.69 Å². The van der Waals surface area contributed by atoms with E-state index in [0.29, 0.717) is 0 Å². The molecule has 8 nitrogen and oxygen atoms in total. The normalized spacial score (nSPS) is 32.5. The molecule has 8 heteroatoms. The predicted octanol–water partition coefficient (Wildman–Crippen LogP) is -2.15. The molecule has 106 valence electrons. The van der Waals surface area contributed by atoms with Crippen molar-refractivity contribution in [2.24, 2.45) is 0 Å². The summed E-state index contributed by atoms with van der Waals surface area (Å²) in [6.07, 6.45) is -4.61. The molecule has 1 unspecified atom stereocenters. The second kappa shape index (κ2) is 4.89. The van der Waals surface area contributed by atoms with Gasteiger partial charge in [-0.2, -0.15) is 0 Å². The molecular formula is C11H16N2O6. The first kappa shape index (κ1) is 13.9. The lowest BCUT2D eigenvalue weighted by atomic mass is 10.1. The van der Waals surface area contributed by atoms with E-state index >= 15 is 0 Å². The number of rotatable bonds is 2. The summed E-state index contributed by atoms with van der Waals surface area (Å²) in [5, 5.41) is 29.1. The number of hydrogen-bond acceptors (Lipinski definition) is 6. The third-order valence-corrected chi connectivity index (χ3v) is 3.17. The van der Waals surface area contributed by atoms with Gasteiger partial charge in [0.25, 0.3) is 5.56 Å². The maximum absolute atomic E-state index is 11.7. The third kappa shape index (κ3) is 2.35. The monoisotopic (exact) mass is 272 g/mol. The number of H-pyrrole nitrogens is 1. The van der Waals surface area contributed by atoms with Gasteiger partial charge in [-0.05, 0) is 13.8 Å². The van der Waals surface area contributed by atoms with Crippen molar-refractivity contribution in [1.82, 2.24) is 9.55 Å². The zero-order valence-corrected chi connectivity index (χ0v) is 10.5. The summed E-state index contributed by atoms with van der Waals surface area (Å²) in [6, 6.07) is 0. The van der Waals surface area contributed by atoms with Crippen molar-refractivity contribution in [3.8, 4) is 0 Å². The van der Waals surface area contributed by atoms with Crippen LogP contribution in [0.4, 0.5) is 0 Å². The summed E-state index contributed by atoms with van der Waals surface area (Å²) in [5.74, 6) is 0. The van der Waals surface area contributed by atoms with Gasteiger partial charge in [0.1, 0.15) is 18.3 Å². The number of ether oxygens (including phenoxy) is 1. The quantitative estimate of drug-likeness (QED) is 0.486. The Balaban J connectivity index is 2.41. The summed E-state index contributed by atoms with van der Waals surface area (Å²) in [5.41, 5.74) is -1.01. The minimum Gasteiger partial charge on any atom is -0.391 e. The lowest BCUT2D eigenvalue weighted by Gasteiger charge is -2.18. The largest absolute Gasteiger partial charge is 0.391 e. The van der Waals surface area contributed by atoms with E-state index in [1.54, 1.807) is 0 Å². The number of aliphatic hydroxyl groups is 3. The van der Waals surface area contributed by atoms with Gasteiger partial charge in [-0.25, -0.2) is 4.79 Å². The number of nitrogens with zero attached hydrogens (tertiary/aromatic N) is 1. The van der Waals surface area contributed by atoms with Crippen LogP contribution >= 0.6 is 0 Å².